The molecule has 1 aromatic rings. The predicted molar refractivity (Wildman–Crippen MR) is 87.1 cm³/mol. The molecule has 1 atom stereocenters. The Morgan fingerprint density at radius 1 is 1.38 bits per heavy atom. The van der Waals surface area contributed by atoms with Gasteiger partial charge in [0.15, 0.2) is 23.9 Å². The van der Waals surface area contributed by atoms with Gasteiger partial charge in [-0.25, -0.2) is 4.79 Å². The number of ether oxygens (including phenoxy) is 3. The van der Waals surface area contributed by atoms with E-state index >= 15 is 0 Å². The first kappa shape index (κ1) is 20.8. The van der Waals surface area contributed by atoms with Gasteiger partial charge < -0.3 is 19.6 Å². The lowest BCUT2D eigenvalue weighted by molar-refractivity contribution is -0.143. The number of hydrogen-bond acceptors (Lipinski definition) is 7. The minimum Gasteiger partial charge on any atom is -0.493 e. The predicted octanol–water partition coefficient (Wildman–Crippen LogP) is 2.60. The van der Waals surface area contributed by atoms with Gasteiger partial charge in [-0.05, 0) is 19.1 Å². The van der Waals surface area contributed by atoms with Crippen LogP contribution in [0.1, 0.15) is 12.5 Å². The lowest BCUT2D eigenvalue weighted by atomic mass is 10.0. The summed E-state index contributed by atoms with van der Waals surface area (Å²) < 4.78 is 39.1. The van der Waals surface area contributed by atoms with Crippen LogP contribution in [0.3, 0.4) is 0 Å². The van der Waals surface area contributed by atoms with Crippen LogP contribution in [0.5, 0.6) is 11.5 Å². The molecule has 7 nitrogen and oxygen atoms in total. The zero-order chi connectivity index (χ0) is 19.7. The Morgan fingerprint density at radius 2 is 2.08 bits per heavy atom. The van der Waals surface area contributed by atoms with Gasteiger partial charge in [-0.15, -0.1) is 0 Å². The number of halogens is 2. The monoisotopic (exact) mass is 366 g/mol. The normalized spacial score (nSPS) is 11.7. The van der Waals surface area contributed by atoms with Crippen molar-refractivity contribution in [3.8, 4) is 17.6 Å². The molecule has 0 saturated heterocycles. The van der Waals surface area contributed by atoms with E-state index in [-0.39, 0.29) is 22.8 Å². The van der Waals surface area contributed by atoms with Crippen molar-refractivity contribution >= 4 is 23.5 Å². The molecule has 0 aromatic heterocycles. The molecule has 1 unspecified atom stereocenters. The van der Waals surface area contributed by atoms with Gasteiger partial charge in [-0.3, -0.25) is 4.79 Å². The first-order chi connectivity index (χ1) is 12.3. The van der Waals surface area contributed by atoms with Crippen LogP contribution >= 0.6 is 0 Å². The number of nitrogens with zero attached hydrogens (tertiary/aromatic N) is 1. The molecule has 0 aliphatic heterocycles. The molecule has 1 aromatic carbocycles. The first-order valence-electron chi connectivity index (χ1n) is 7.24. The van der Waals surface area contributed by atoms with Crippen LogP contribution in [0.15, 0.2) is 24.3 Å². The molecule has 26 heavy (non-hydrogen) atoms. The fraction of sp³-hybridized carbons (Fsp3) is 0.294. The molecule has 0 bridgehead atoms. The van der Waals surface area contributed by atoms with Gasteiger partial charge in [0.05, 0.1) is 13.2 Å². The molecule has 0 saturated carbocycles. The largest absolute Gasteiger partial charge is 0.493 e. The fourth-order valence-electron chi connectivity index (χ4n) is 1.88. The number of Topliss-reactive ketones (excluding diaryl/α,β-unsaturated/α-hetero) is 1. The molecule has 0 aliphatic rings. The number of alkyl halides is 2. The van der Waals surface area contributed by atoms with Crippen LogP contribution in [0.4, 0.5) is 8.78 Å². The summed E-state index contributed by atoms with van der Waals surface area (Å²) in [5.74, 6) is -3.15. The SMILES string of the molecule is COc1cccc(/C=C/C(=O)OCC(=O)C(C#N)C(C)=N)c1OC(F)F. The van der Waals surface area contributed by atoms with Gasteiger partial charge in [0.1, 0.15) is 5.92 Å². The van der Waals surface area contributed by atoms with E-state index in [1.807, 2.05) is 0 Å². The van der Waals surface area contributed by atoms with Gasteiger partial charge in [0.2, 0.25) is 0 Å². The third-order valence-corrected chi connectivity index (χ3v) is 3.08. The number of nitrogens with one attached hydrogen (secondary N) is 1. The highest BCUT2D eigenvalue weighted by atomic mass is 19.3. The Kier molecular flexibility index (Phi) is 7.89. The lowest BCUT2D eigenvalue weighted by Crippen LogP contribution is -2.25. The van der Waals surface area contributed by atoms with Crippen molar-refractivity contribution in [2.45, 2.75) is 13.5 Å². The van der Waals surface area contributed by atoms with Crippen LogP contribution < -0.4 is 9.47 Å². The Morgan fingerprint density at radius 3 is 2.62 bits per heavy atom. The van der Waals surface area contributed by atoms with Crippen molar-refractivity contribution in [2.75, 3.05) is 13.7 Å². The number of carbonyl (C=O) groups is 2. The summed E-state index contributed by atoms with van der Waals surface area (Å²) in [6.07, 6.45) is 2.08. The maximum atomic E-state index is 12.5. The van der Waals surface area contributed by atoms with Crippen LogP contribution in [-0.4, -0.2) is 37.8 Å². The Hall–Kier alpha value is -3.28. The van der Waals surface area contributed by atoms with Crippen molar-refractivity contribution in [1.29, 1.82) is 10.7 Å². The molecule has 1 rings (SSSR count). The fourth-order valence-corrected chi connectivity index (χ4v) is 1.88. The van der Waals surface area contributed by atoms with Crippen molar-refractivity contribution in [1.82, 2.24) is 0 Å². The number of carbonyl (C=O) groups excluding carboxylic acids is 2. The van der Waals surface area contributed by atoms with Crippen LogP contribution in [0, 0.1) is 22.7 Å². The Bertz CT molecular complexity index is 756. The van der Waals surface area contributed by atoms with E-state index in [4.69, 9.17) is 20.1 Å². The second kappa shape index (κ2) is 9.88. The second-order valence-electron chi connectivity index (χ2n) is 4.91. The molecule has 0 fully saturated rings. The molecule has 0 amide bonds. The number of esters is 1. The molecule has 0 radical (unpaired) electrons. The molecular formula is C17H16F2N2O5. The minimum absolute atomic E-state index is 0.0503. The maximum absolute atomic E-state index is 12.5. The van der Waals surface area contributed by atoms with E-state index in [0.29, 0.717) is 0 Å². The van der Waals surface area contributed by atoms with Crippen molar-refractivity contribution in [2.24, 2.45) is 5.92 Å². The van der Waals surface area contributed by atoms with Crippen molar-refractivity contribution < 1.29 is 32.6 Å². The number of methoxy groups -OCH3 is 1. The van der Waals surface area contributed by atoms with Gasteiger partial charge >= 0.3 is 12.6 Å². The highest BCUT2D eigenvalue weighted by Crippen LogP contribution is 2.33. The quantitative estimate of drug-likeness (QED) is 0.409. The summed E-state index contributed by atoms with van der Waals surface area (Å²) >= 11 is 0. The zero-order valence-corrected chi connectivity index (χ0v) is 14.0. The molecule has 138 valence electrons. The first-order valence-corrected chi connectivity index (χ1v) is 7.24. The number of para-hydroxylation sites is 1. The van der Waals surface area contributed by atoms with Gasteiger partial charge in [-0.2, -0.15) is 14.0 Å². The molecule has 1 N–H and O–H groups in total. The summed E-state index contributed by atoms with van der Waals surface area (Å²) in [5.41, 5.74) is -0.0209. The van der Waals surface area contributed by atoms with Gasteiger partial charge in [0.25, 0.3) is 0 Å². The highest BCUT2D eigenvalue weighted by molar-refractivity contribution is 6.06. The third-order valence-electron chi connectivity index (χ3n) is 3.08. The Labute approximate surface area is 148 Å². The van der Waals surface area contributed by atoms with Crippen molar-refractivity contribution in [3.63, 3.8) is 0 Å². The van der Waals surface area contributed by atoms with Crippen LogP contribution in [-0.2, 0) is 14.3 Å². The van der Waals surface area contributed by atoms with Gasteiger partial charge in [0, 0.05) is 17.4 Å². The van der Waals surface area contributed by atoms with Crippen LogP contribution in [0.25, 0.3) is 6.08 Å². The number of ketones is 1. The third kappa shape index (κ3) is 5.98. The Balaban J connectivity index is 2.81. The molecular weight excluding hydrogens is 350 g/mol. The average molecular weight is 366 g/mol. The molecule has 0 aliphatic carbocycles. The van der Waals surface area contributed by atoms with E-state index < -0.39 is 30.9 Å². The number of hydrogen-bond donors (Lipinski definition) is 1. The van der Waals surface area contributed by atoms with Gasteiger partial charge in [-0.1, -0.05) is 12.1 Å². The highest BCUT2D eigenvalue weighted by Gasteiger charge is 2.21. The van der Waals surface area contributed by atoms with Crippen LogP contribution in [0.2, 0.25) is 0 Å². The summed E-state index contributed by atoms with van der Waals surface area (Å²) in [7, 11) is 1.28. The minimum atomic E-state index is -3.09. The van der Waals surface area contributed by atoms with Crippen molar-refractivity contribution in [3.05, 3.63) is 29.8 Å². The average Bonchev–Trinajstić information content (AvgIpc) is 2.58. The number of nitriles is 1. The molecule has 9 heteroatoms. The second-order valence-corrected chi connectivity index (χ2v) is 4.91. The van der Waals surface area contributed by atoms with E-state index in [1.165, 1.54) is 32.2 Å². The van der Waals surface area contributed by atoms with E-state index in [2.05, 4.69) is 4.74 Å². The van der Waals surface area contributed by atoms with E-state index in [9.17, 15) is 18.4 Å². The topological polar surface area (TPSA) is 109 Å². The summed E-state index contributed by atoms with van der Waals surface area (Å²) in [6, 6.07) is 5.97. The smallest absolute Gasteiger partial charge is 0.387 e. The van der Waals surface area contributed by atoms with E-state index in [1.54, 1.807) is 6.07 Å². The number of rotatable bonds is 9. The summed E-state index contributed by atoms with van der Waals surface area (Å²) in [5, 5.41) is 16.1. The lowest BCUT2D eigenvalue weighted by Gasteiger charge is -2.12. The molecule has 0 heterocycles. The summed E-state index contributed by atoms with van der Waals surface area (Å²) in [4.78, 5) is 23.3. The number of benzene rings is 1. The van der Waals surface area contributed by atoms with E-state index in [0.717, 1.165) is 12.2 Å². The summed E-state index contributed by atoms with van der Waals surface area (Å²) in [6.45, 7) is -2.48. The maximum Gasteiger partial charge on any atom is 0.387 e. The standard InChI is InChI=1S/C17H16F2N2O5/c1-10(21)12(8-20)13(22)9-25-15(23)7-6-11-4-3-5-14(24-2)16(11)26-17(18)19/h3-7,12,17,21H,9H2,1-2H3/b7-6+,21-10?. The molecule has 0 spiro atoms. The zero-order valence-electron chi connectivity index (χ0n) is 14.0.